The summed E-state index contributed by atoms with van der Waals surface area (Å²) in [5, 5.41) is 12.4. The quantitative estimate of drug-likeness (QED) is 0.674. The average Bonchev–Trinajstić information content (AvgIpc) is 2.92. The van der Waals surface area contributed by atoms with E-state index < -0.39 is 5.60 Å². The van der Waals surface area contributed by atoms with Crippen LogP contribution in [0.1, 0.15) is 42.4 Å². The van der Waals surface area contributed by atoms with Crippen LogP contribution >= 0.6 is 0 Å². The average molecular weight is 437 g/mol. The molecule has 2 aromatic rings. The zero-order chi connectivity index (χ0) is 22.6. The standard InChI is InChI=1S/C28H37FN2O/c1-22-7-9-24(10-8-22)20-28(32)25(19-23-11-13-27(29)14-12-23)5-3-4-6-26(28)21-31-17-15-30(2)16-18-31/h7-14,19,26,32H,3-6,15-18,20-21H2,1-2H3. The number of piperazine rings is 1. The minimum Gasteiger partial charge on any atom is -0.385 e. The highest BCUT2D eigenvalue weighted by Crippen LogP contribution is 2.41. The first kappa shape index (κ1) is 23.2. The number of aryl methyl sites for hydroxylation is 1. The Labute approximate surface area is 192 Å². The highest BCUT2D eigenvalue weighted by Gasteiger charge is 2.42. The van der Waals surface area contributed by atoms with Crippen molar-refractivity contribution in [2.24, 2.45) is 5.92 Å². The minimum absolute atomic E-state index is 0.182. The first-order valence-electron chi connectivity index (χ1n) is 12.1. The van der Waals surface area contributed by atoms with Gasteiger partial charge in [0.05, 0.1) is 5.60 Å². The van der Waals surface area contributed by atoms with Crippen molar-refractivity contribution in [1.82, 2.24) is 9.80 Å². The fourth-order valence-corrected chi connectivity index (χ4v) is 5.24. The van der Waals surface area contributed by atoms with Gasteiger partial charge >= 0.3 is 0 Å². The van der Waals surface area contributed by atoms with Crippen LogP contribution in [0.2, 0.25) is 0 Å². The van der Waals surface area contributed by atoms with E-state index in [9.17, 15) is 9.50 Å². The Bertz CT molecular complexity index is 900. The molecule has 0 spiro atoms. The van der Waals surface area contributed by atoms with Crippen molar-refractivity contribution >= 4 is 6.08 Å². The Morgan fingerprint density at radius 2 is 1.69 bits per heavy atom. The summed E-state index contributed by atoms with van der Waals surface area (Å²) in [6.45, 7) is 7.31. The summed E-state index contributed by atoms with van der Waals surface area (Å²) in [6, 6.07) is 15.2. The zero-order valence-corrected chi connectivity index (χ0v) is 19.6. The summed E-state index contributed by atoms with van der Waals surface area (Å²) in [7, 11) is 2.18. The second-order valence-electron chi connectivity index (χ2n) is 9.85. The van der Waals surface area contributed by atoms with E-state index in [0.29, 0.717) is 6.42 Å². The molecule has 3 nitrogen and oxygen atoms in total. The van der Waals surface area contributed by atoms with Crippen LogP contribution in [0.5, 0.6) is 0 Å². The highest BCUT2D eigenvalue weighted by atomic mass is 19.1. The van der Waals surface area contributed by atoms with Crippen LogP contribution in [0.4, 0.5) is 4.39 Å². The lowest BCUT2D eigenvalue weighted by Crippen LogP contribution is -2.51. The summed E-state index contributed by atoms with van der Waals surface area (Å²) in [5.74, 6) is -0.0442. The molecule has 1 N–H and O–H groups in total. The number of likely N-dealkylation sites (N-methyl/N-ethyl adjacent to an activating group) is 1. The fraction of sp³-hybridized carbons (Fsp3) is 0.500. The second-order valence-corrected chi connectivity index (χ2v) is 9.85. The third kappa shape index (κ3) is 5.67. The number of hydrogen-bond acceptors (Lipinski definition) is 3. The molecule has 172 valence electrons. The Morgan fingerprint density at radius 1 is 1.00 bits per heavy atom. The molecule has 2 atom stereocenters. The third-order valence-corrected chi connectivity index (χ3v) is 7.36. The maximum atomic E-state index is 13.5. The predicted molar refractivity (Wildman–Crippen MR) is 130 cm³/mol. The van der Waals surface area contributed by atoms with Crippen molar-refractivity contribution in [3.8, 4) is 0 Å². The third-order valence-electron chi connectivity index (χ3n) is 7.36. The largest absolute Gasteiger partial charge is 0.385 e. The Morgan fingerprint density at radius 3 is 2.38 bits per heavy atom. The van der Waals surface area contributed by atoms with Gasteiger partial charge in [0.2, 0.25) is 0 Å². The van der Waals surface area contributed by atoms with Gasteiger partial charge in [-0.3, -0.25) is 0 Å². The normalized spacial score (nSPS) is 26.9. The van der Waals surface area contributed by atoms with Crippen molar-refractivity contribution in [2.75, 3.05) is 39.8 Å². The molecular formula is C28H37FN2O. The number of hydrogen-bond donors (Lipinski definition) is 1. The summed E-state index contributed by atoms with van der Waals surface area (Å²) in [5.41, 5.74) is 3.57. The van der Waals surface area contributed by atoms with Gasteiger partial charge in [-0.25, -0.2) is 4.39 Å². The van der Waals surface area contributed by atoms with Crippen LogP contribution in [0.3, 0.4) is 0 Å². The topological polar surface area (TPSA) is 26.7 Å². The van der Waals surface area contributed by atoms with Crippen molar-refractivity contribution in [3.63, 3.8) is 0 Å². The van der Waals surface area contributed by atoms with E-state index in [1.165, 1.54) is 23.3 Å². The maximum Gasteiger partial charge on any atom is 0.123 e. The lowest BCUT2D eigenvalue weighted by atomic mass is 9.74. The molecule has 0 aromatic heterocycles. The number of nitrogens with zero attached hydrogens (tertiary/aromatic N) is 2. The van der Waals surface area contributed by atoms with Gasteiger partial charge in [0.15, 0.2) is 0 Å². The van der Waals surface area contributed by atoms with E-state index >= 15 is 0 Å². The molecule has 2 aliphatic rings. The van der Waals surface area contributed by atoms with E-state index in [2.05, 4.69) is 54.1 Å². The number of rotatable bonds is 5. The molecule has 1 saturated heterocycles. The van der Waals surface area contributed by atoms with Crippen LogP contribution in [-0.4, -0.2) is 60.3 Å². The van der Waals surface area contributed by atoms with Crippen molar-refractivity contribution in [2.45, 2.75) is 44.6 Å². The van der Waals surface area contributed by atoms with Crippen LogP contribution < -0.4 is 0 Å². The first-order chi connectivity index (χ1) is 15.4. The van der Waals surface area contributed by atoms with Gasteiger partial charge in [0, 0.05) is 45.1 Å². The molecule has 1 aliphatic carbocycles. The monoisotopic (exact) mass is 436 g/mol. The summed E-state index contributed by atoms with van der Waals surface area (Å²) in [4.78, 5) is 4.91. The smallest absolute Gasteiger partial charge is 0.123 e. The molecule has 2 aromatic carbocycles. The predicted octanol–water partition coefficient (Wildman–Crippen LogP) is 4.93. The molecule has 0 amide bonds. The molecule has 32 heavy (non-hydrogen) atoms. The van der Waals surface area contributed by atoms with Crippen molar-refractivity contribution < 1.29 is 9.50 Å². The first-order valence-corrected chi connectivity index (χ1v) is 12.1. The molecule has 2 fully saturated rings. The molecule has 0 radical (unpaired) electrons. The Kier molecular flexibility index (Phi) is 7.44. The summed E-state index contributed by atoms with van der Waals surface area (Å²) >= 11 is 0. The SMILES string of the molecule is Cc1ccc(CC2(O)C(=Cc3ccc(F)cc3)CCCCC2CN2CCN(C)CC2)cc1. The van der Waals surface area contributed by atoms with Crippen molar-refractivity contribution in [3.05, 3.63) is 76.6 Å². The minimum atomic E-state index is -0.899. The van der Waals surface area contributed by atoms with Gasteiger partial charge in [-0.15, -0.1) is 0 Å². The van der Waals surface area contributed by atoms with E-state index in [1.807, 2.05) is 12.1 Å². The molecular weight excluding hydrogens is 399 g/mol. The molecule has 1 heterocycles. The van der Waals surface area contributed by atoms with Crippen LogP contribution in [0.15, 0.2) is 54.1 Å². The van der Waals surface area contributed by atoms with E-state index in [-0.39, 0.29) is 11.7 Å². The Hall–Kier alpha value is -2.01. The molecule has 4 rings (SSSR count). The summed E-state index contributed by atoms with van der Waals surface area (Å²) in [6.07, 6.45) is 6.89. The van der Waals surface area contributed by atoms with E-state index in [0.717, 1.165) is 69.5 Å². The molecule has 0 bridgehead atoms. The molecule has 1 aliphatic heterocycles. The second kappa shape index (κ2) is 10.3. The zero-order valence-electron chi connectivity index (χ0n) is 19.6. The van der Waals surface area contributed by atoms with Gasteiger partial charge in [-0.2, -0.15) is 0 Å². The van der Waals surface area contributed by atoms with Gasteiger partial charge in [-0.1, -0.05) is 54.5 Å². The summed E-state index contributed by atoms with van der Waals surface area (Å²) < 4.78 is 13.5. The fourth-order valence-electron chi connectivity index (χ4n) is 5.24. The Balaban J connectivity index is 1.67. The molecule has 4 heteroatoms. The highest BCUT2D eigenvalue weighted by molar-refractivity contribution is 5.56. The van der Waals surface area contributed by atoms with Crippen LogP contribution in [0, 0.1) is 18.7 Å². The lowest BCUT2D eigenvalue weighted by Gasteiger charge is -2.42. The molecule has 2 unspecified atom stereocenters. The van der Waals surface area contributed by atoms with Crippen molar-refractivity contribution in [1.29, 1.82) is 0 Å². The van der Waals surface area contributed by atoms with Gasteiger partial charge in [0.1, 0.15) is 5.82 Å². The van der Waals surface area contributed by atoms with Crippen LogP contribution in [-0.2, 0) is 6.42 Å². The number of halogens is 1. The van der Waals surface area contributed by atoms with Gasteiger partial charge in [-0.05, 0) is 62.1 Å². The molecule has 1 saturated carbocycles. The maximum absolute atomic E-state index is 13.5. The number of aliphatic hydroxyl groups is 1. The van der Waals surface area contributed by atoms with Gasteiger partial charge < -0.3 is 14.9 Å². The van der Waals surface area contributed by atoms with E-state index in [1.54, 1.807) is 0 Å². The van der Waals surface area contributed by atoms with Gasteiger partial charge in [0.25, 0.3) is 0 Å². The van der Waals surface area contributed by atoms with E-state index in [4.69, 9.17) is 0 Å². The van der Waals surface area contributed by atoms with Crippen LogP contribution in [0.25, 0.3) is 6.08 Å². The lowest BCUT2D eigenvalue weighted by molar-refractivity contribution is -0.00643. The number of benzene rings is 2.